The molecule has 0 aliphatic carbocycles. The van der Waals surface area contributed by atoms with Crippen LogP contribution in [0.4, 0.5) is 0 Å². The van der Waals surface area contributed by atoms with E-state index in [1.807, 2.05) is 12.1 Å². The Morgan fingerprint density at radius 2 is 2.04 bits per heavy atom. The lowest BCUT2D eigenvalue weighted by molar-refractivity contribution is 0.145. The van der Waals surface area contributed by atoms with Gasteiger partial charge in [-0.1, -0.05) is 13.8 Å². The van der Waals surface area contributed by atoms with Gasteiger partial charge in [0.25, 0.3) is 0 Å². The number of likely N-dealkylation sites (tertiary alicyclic amines) is 1. The summed E-state index contributed by atoms with van der Waals surface area (Å²) in [4.78, 5) is 7.25. The van der Waals surface area contributed by atoms with Crippen molar-refractivity contribution in [3.05, 3.63) is 24.2 Å². The van der Waals surface area contributed by atoms with E-state index in [1.165, 1.54) is 19.5 Å². The minimum Gasteiger partial charge on any atom is -0.469 e. The van der Waals surface area contributed by atoms with Gasteiger partial charge in [0.2, 0.25) is 0 Å². The highest BCUT2D eigenvalue weighted by Gasteiger charge is 2.20. The van der Waals surface area contributed by atoms with Crippen molar-refractivity contribution < 1.29 is 4.42 Å². The van der Waals surface area contributed by atoms with Gasteiger partial charge in [-0.15, -0.1) is 24.0 Å². The number of nitrogens with one attached hydrogen (secondary N) is 2. The van der Waals surface area contributed by atoms with Crippen molar-refractivity contribution >= 4 is 29.9 Å². The van der Waals surface area contributed by atoms with Crippen molar-refractivity contribution in [2.75, 3.05) is 39.3 Å². The zero-order chi connectivity index (χ0) is 16.5. The molecule has 24 heavy (non-hydrogen) atoms. The molecule has 2 unspecified atom stereocenters. The summed E-state index contributed by atoms with van der Waals surface area (Å²) in [7, 11) is 0. The summed E-state index contributed by atoms with van der Waals surface area (Å²) in [5.41, 5.74) is 0. The monoisotopic (exact) mass is 448 g/mol. The lowest BCUT2D eigenvalue weighted by atomic mass is 9.92. The van der Waals surface area contributed by atoms with Crippen LogP contribution in [0.1, 0.15) is 33.0 Å². The number of aliphatic imine (C=N–C) groups is 1. The van der Waals surface area contributed by atoms with E-state index in [1.54, 1.807) is 6.26 Å². The molecule has 1 fully saturated rings. The quantitative estimate of drug-likeness (QED) is 0.383. The van der Waals surface area contributed by atoms with Crippen LogP contribution in [0.2, 0.25) is 0 Å². The molecule has 0 radical (unpaired) electrons. The Bertz CT molecular complexity index is 454. The predicted molar refractivity (Wildman–Crippen MR) is 111 cm³/mol. The largest absolute Gasteiger partial charge is 0.469 e. The Morgan fingerprint density at radius 1 is 1.29 bits per heavy atom. The van der Waals surface area contributed by atoms with Crippen LogP contribution in [0.5, 0.6) is 0 Å². The van der Waals surface area contributed by atoms with Crippen LogP contribution >= 0.6 is 24.0 Å². The van der Waals surface area contributed by atoms with Crippen molar-refractivity contribution in [3.63, 3.8) is 0 Å². The van der Waals surface area contributed by atoms with E-state index in [2.05, 4.69) is 36.3 Å². The molecule has 6 heteroatoms. The van der Waals surface area contributed by atoms with Crippen LogP contribution < -0.4 is 10.6 Å². The molecule has 1 aromatic rings. The highest BCUT2D eigenvalue weighted by atomic mass is 127. The Morgan fingerprint density at radius 3 is 2.67 bits per heavy atom. The number of nitrogens with zero attached hydrogens (tertiary/aromatic N) is 2. The summed E-state index contributed by atoms with van der Waals surface area (Å²) in [6.45, 7) is 12.8. The van der Waals surface area contributed by atoms with Gasteiger partial charge in [-0.2, -0.15) is 0 Å². The summed E-state index contributed by atoms with van der Waals surface area (Å²) in [6, 6.07) is 3.93. The van der Waals surface area contributed by atoms with Gasteiger partial charge in [-0.25, -0.2) is 0 Å². The number of halogens is 1. The van der Waals surface area contributed by atoms with Gasteiger partial charge in [0.05, 0.1) is 12.8 Å². The molecule has 5 nitrogen and oxygen atoms in total. The fourth-order valence-electron chi connectivity index (χ4n) is 3.38. The van der Waals surface area contributed by atoms with Crippen molar-refractivity contribution in [1.82, 2.24) is 15.5 Å². The molecule has 0 spiro atoms. The van der Waals surface area contributed by atoms with Gasteiger partial charge in [0, 0.05) is 39.1 Å². The van der Waals surface area contributed by atoms with Crippen molar-refractivity contribution in [2.45, 2.75) is 33.6 Å². The average Bonchev–Trinajstić information content (AvgIpc) is 2.99. The molecule has 2 N–H and O–H groups in total. The minimum absolute atomic E-state index is 0. The van der Waals surface area contributed by atoms with Crippen molar-refractivity contribution in [3.8, 4) is 0 Å². The van der Waals surface area contributed by atoms with Crippen LogP contribution in [0.3, 0.4) is 0 Å². The van der Waals surface area contributed by atoms with Crippen LogP contribution in [0.25, 0.3) is 0 Å². The van der Waals surface area contributed by atoms with E-state index in [9.17, 15) is 0 Å². The number of hydrogen-bond acceptors (Lipinski definition) is 3. The van der Waals surface area contributed by atoms with E-state index < -0.39 is 0 Å². The molecule has 138 valence electrons. The van der Waals surface area contributed by atoms with E-state index in [0.29, 0.717) is 0 Å². The summed E-state index contributed by atoms with van der Waals surface area (Å²) in [6.07, 6.45) is 3.95. The summed E-state index contributed by atoms with van der Waals surface area (Å²) in [5.74, 6) is 3.52. The lowest BCUT2D eigenvalue weighted by Gasteiger charge is -2.34. The number of furan rings is 1. The normalized spacial score (nSPS) is 22.0. The zero-order valence-electron chi connectivity index (χ0n) is 15.3. The molecule has 2 heterocycles. The molecule has 1 saturated heterocycles. The number of guanidine groups is 1. The maximum absolute atomic E-state index is 5.35. The first-order valence-corrected chi connectivity index (χ1v) is 8.94. The molecule has 0 bridgehead atoms. The third-order valence-corrected chi connectivity index (χ3v) is 4.22. The smallest absolute Gasteiger partial charge is 0.191 e. The van der Waals surface area contributed by atoms with Gasteiger partial charge in [-0.05, 0) is 37.3 Å². The summed E-state index contributed by atoms with van der Waals surface area (Å²) in [5, 5.41) is 6.68. The molecule has 2 atom stereocenters. The highest BCUT2D eigenvalue weighted by molar-refractivity contribution is 14.0. The maximum Gasteiger partial charge on any atom is 0.191 e. The topological polar surface area (TPSA) is 52.8 Å². The minimum atomic E-state index is 0. The van der Waals surface area contributed by atoms with Gasteiger partial charge in [-0.3, -0.25) is 4.99 Å². The van der Waals surface area contributed by atoms with Crippen molar-refractivity contribution in [1.29, 1.82) is 0 Å². The number of rotatable bonds is 7. The van der Waals surface area contributed by atoms with Gasteiger partial charge < -0.3 is 20.0 Å². The third kappa shape index (κ3) is 7.88. The Balaban J connectivity index is 0.00000288. The standard InChI is InChI=1S/C18H32N4O.HI/c1-4-19-18(20-8-7-17-6-5-11-23-17)21-9-10-22-13-15(2)12-16(3)14-22;/h5-6,11,15-16H,4,7-10,12-14H2,1-3H3,(H2,19,20,21);1H. The first-order valence-electron chi connectivity index (χ1n) is 8.94. The SMILES string of the molecule is CCNC(=NCCN1CC(C)CC(C)C1)NCCc1ccco1.I. The van der Waals surface area contributed by atoms with Crippen LogP contribution in [0.15, 0.2) is 27.8 Å². The van der Waals surface area contributed by atoms with Crippen LogP contribution in [-0.4, -0.2) is 50.1 Å². The predicted octanol–water partition coefficient (Wildman–Crippen LogP) is 2.97. The summed E-state index contributed by atoms with van der Waals surface area (Å²) >= 11 is 0. The molecular weight excluding hydrogens is 415 g/mol. The van der Waals surface area contributed by atoms with E-state index in [-0.39, 0.29) is 24.0 Å². The summed E-state index contributed by atoms with van der Waals surface area (Å²) < 4.78 is 5.35. The molecule has 0 saturated carbocycles. The average molecular weight is 448 g/mol. The first kappa shape index (κ1) is 21.3. The molecule has 1 aliphatic heterocycles. The van der Waals surface area contributed by atoms with Crippen LogP contribution in [-0.2, 0) is 6.42 Å². The van der Waals surface area contributed by atoms with Gasteiger partial charge in [0.1, 0.15) is 5.76 Å². The second kappa shape index (κ2) is 11.7. The van der Waals surface area contributed by atoms with E-state index in [0.717, 1.165) is 56.2 Å². The molecule has 2 rings (SSSR count). The second-order valence-corrected chi connectivity index (χ2v) is 6.72. The Kier molecular flexibility index (Phi) is 10.4. The molecule has 0 aromatic carbocycles. The fraction of sp³-hybridized carbons (Fsp3) is 0.722. The van der Waals surface area contributed by atoms with Gasteiger partial charge >= 0.3 is 0 Å². The maximum atomic E-state index is 5.35. The Labute approximate surface area is 163 Å². The Hall–Kier alpha value is -0.760. The lowest BCUT2D eigenvalue weighted by Crippen LogP contribution is -2.41. The van der Waals surface area contributed by atoms with Crippen molar-refractivity contribution in [2.24, 2.45) is 16.8 Å². The number of piperidine rings is 1. The van der Waals surface area contributed by atoms with Crippen LogP contribution in [0, 0.1) is 11.8 Å². The third-order valence-electron chi connectivity index (χ3n) is 4.22. The van der Waals surface area contributed by atoms with Gasteiger partial charge in [0.15, 0.2) is 5.96 Å². The zero-order valence-corrected chi connectivity index (χ0v) is 17.6. The molecule has 1 aromatic heterocycles. The first-order chi connectivity index (χ1) is 11.2. The van der Waals surface area contributed by atoms with E-state index >= 15 is 0 Å². The van der Waals surface area contributed by atoms with E-state index in [4.69, 9.17) is 9.41 Å². The molecular formula is C18H33IN4O. The highest BCUT2D eigenvalue weighted by Crippen LogP contribution is 2.20. The fourth-order valence-corrected chi connectivity index (χ4v) is 3.38. The molecule has 1 aliphatic rings. The molecule has 0 amide bonds. The number of hydrogen-bond donors (Lipinski definition) is 2. The second-order valence-electron chi connectivity index (χ2n) is 6.72.